The molecule has 0 aliphatic heterocycles. The van der Waals surface area contributed by atoms with E-state index in [0.717, 1.165) is 10.5 Å². The number of benzene rings is 2. The summed E-state index contributed by atoms with van der Waals surface area (Å²) in [6.07, 6.45) is -1.92. The molecule has 2 aromatic rings. The van der Waals surface area contributed by atoms with E-state index in [1.165, 1.54) is 24.3 Å². The summed E-state index contributed by atoms with van der Waals surface area (Å²) >= 11 is 0. The standard InChI is InChI=1S/C27H32N2O8/c1-25(2,3)36-23(31)28(24(32)37-26(4,5)6)27(16-21(27)19-10-8-7-9-11-19)22(30)35-17-18-12-14-20(15-13-18)29(33)34/h7-15,21H,16-17H2,1-6H3/t21-,27+/m1/s1. The predicted molar refractivity (Wildman–Crippen MR) is 134 cm³/mol. The van der Waals surface area contributed by atoms with Crippen LogP contribution in [0.1, 0.15) is 65.0 Å². The van der Waals surface area contributed by atoms with Crippen LogP contribution in [0.2, 0.25) is 0 Å². The number of non-ortho nitro benzene ring substituents is 1. The third-order valence-electron chi connectivity index (χ3n) is 5.56. The number of carbonyl (C=O) groups is 3. The second kappa shape index (κ2) is 10.2. The largest absolute Gasteiger partial charge is 0.459 e. The number of hydrogen-bond acceptors (Lipinski definition) is 8. The van der Waals surface area contributed by atoms with Crippen LogP contribution in [-0.2, 0) is 25.6 Å². The van der Waals surface area contributed by atoms with E-state index >= 15 is 0 Å². The van der Waals surface area contributed by atoms with Gasteiger partial charge in [-0.2, -0.15) is 4.90 Å². The summed E-state index contributed by atoms with van der Waals surface area (Å²) in [5.41, 5.74) is -2.43. The number of ether oxygens (including phenoxy) is 3. The number of imide groups is 1. The van der Waals surface area contributed by atoms with Gasteiger partial charge in [-0.3, -0.25) is 10.1 Å². The van der Waals surface area contributed by atoms with Crippen molar-refractivity contribution in [3.8, 4) is 0 Å². The van der Waals surface area contributed by atoms with Gasteiger partial charge in [0, 0.05) is 18.1 Å². The number of nitrogens with zero attached hydrogens (tertiary/aromatic N) is 2. The highest BCUT2D eigenvalue weighted by Crippen LogP contribution is 2.57. The van der Waals surface area contributed by atoms with E-state index in [0.29, 0.717) is 5.56 Å². The first kappa shape index (κ1) is 27.6. The van der Waals surface area contributed by atoms with Gasteiger partial charge in [0.25, 0.3) is 5.69 Å². The van der Waals surface area contributed by atoms with Gasteiger partial charge in [-0.15, -0.1) is 0 Å². The predicted octanol–water partition coefficient (Wildman–Crippen LogP) is 5.74. The Morgan fingerprint density at radius 1 is 0.919 bits per heavy atom. The Bertz CT molecular complexity index is 1140. The molecule has 2 amide bonds. The Hall–Kier alpha value is -3.95. The summed E-state index contributed by atoms with van der Waals surface area (Å²) in [5.74, 6) is -1.35. The molecule has 0 saturated heterocycles. The van der Waals surface area contributed by atoms with E-state index in [4.69, 9.17) is 14.2 Å². The number of amides is 2. The molecule has 1 fully saturated rings. The Kier molecular flexibility index (Phi) is 7.62. The van der Waals surface area contributed by atoms with Crippen LogP contribution >= 0.6 is 0 Å². The summed E-state index contributed by atoms with van der Waals surface area (Å²) in [7, 11) is 0. The van der Waals surface area contributed by atoms with Crippen LogP contribution in [0.5, 0.6) is 0 Å². The highest BCUT2D eigenvalue weighted by atomic mass is 16.6. The van der Waals surface area contributed by atoms with E-state index in [-0.39, 0.29) is 18.7 Å². The normalized spacial score (nSPS) is 18.9. The van der Waals surface area contributed by atoms with E-state index in [1.54, 1.807) is 65.8 Å². The molecule has 1 aliphatic rings. The van der Waals surface area contributed by atoms with Gasteiger partial charge in [0.1, 0.15) is 17.8 Å². The molecule has 0 spiro atoms. The van der Waals surface area contributed by atoms with Gasteiger partial charge in [-0.05, 0) is 71.2 Å². The number of carbonyl (C=O) groups excluding carboxylic acids is 3. The van der Waals surface area contributed by atoms with Crippen molar-refractivity contribution in [2.24, 2.45) is 0 Å². The lowest BCUT2D eigenvalue weighted by molar-refractivity contribution is -0.384. The number of nitro groups is 1. The van der Waals surface area contributed by atoms with Crippen LogP contribution in [-0.4, -0.2) is 44.7 Å². The Morgan fingerprint density at radius 3 is 1.89 bits per heavy atom. The van der Waals surface area contributed by atoms with Crippen LogP contribution in [0.4, 0.5) is 15.3 Å². The molecule has 0 N–H and O–H groups in total. The first-order chi connectivity index (χ1) is 17.1. The van der Waals surface area contributed by atoms with Crippen molar-refractivity contribution in [1.82, 2.24) is 4.90 Å². The minimum atomic E-state index is -1.69. The first-order valence-electron chi connectivity index (χ1n) is 11.9. The van der Waals surface area contributed by atoms with Crippen LogP contribution < -0.4 is 0 Å². The summed E-state index contributed by atoms with van der Waals surface area (Å²) in [5, 5.41) is 10.9. The molecule has 0 unspecified atom stereocenters. The second-order valence-electron chi connectivity index (χ2n) is 10.9. The summed E-state index contributed by atoms with van der Waals surface area (Å²) in [4.78, 5) is 51.5. The smallest absolute Gasteiger partial charge is 0.420 e. The maximum Gasteiger partial charge on any atom is 0.420 e. The van der Waals surface area contributed by atoms with Crippen molar-refractivity contribution in [3.05, 3.63) is 75.8 Å². The van der Waals surface area contributed by atoms with Gasteiger partial charge >= 0.3 is 18.2 Å². The van der Waals surface area contributed by atoms with Gasteiger partial charge in [-0.1, -0.05) is 30.3 Å². The van der Waals surface area contributed by atoms with Gasteiger partial charge in [0.2, 0.25) is 0 Å². The fraction of sp³-hybridized carbons (Fsp3) is 0.444. The number of rotatable bonds is 6. The van der Waals surface area contributed by atoms with E-state index in [1.807, 2.05) is 6.07 Å². The molecule has 1 aliphatic carbocycles. The van der Waals surface area contributed by atoms with Gasteiger partial charge < -0.3 is 14.2 Å². The monoisotopic (exact) mass is 512 g/mol. The van der Waals surface area contributed by atoms with Gasteiger partial charge in [0.05, 0.1) is 4.92 Å². The molecule has 0 bridgehead atoms. The zero-order valence-corrected chi connectivity index (χ0v) is 21.8. The Balaban J connectivity index is 1.97. The number of nitro benzene ring substituents is 1. The molecule has 37 heavy (non-hydrogen) atoms. The molecule has 0 radical (unpaired) electrons. The van der Waals surface area contributed by atoms with Gasteiger partial charge in [-0.25, -0.2) is 14.4 Å². The lowest BCUT2D eigenvalue weighted by Gasteiger charge is -2.33. The summed E-state index contributed by atoms with van der Waals surface area (Å²) in [6, 6.07) is 14.6. The lowest BCUT2D eigenvalue weighted by Crippen LogP contribution is -2.55. The maximum atomic E-state index is 13.7. The zero-order valence-electron chi connectivity index (χ0n) is 21.8. The Labute approximate surface area is 215 Å². The van der Waals surface area contributed by atoms with Crippen LogP contribution in [0.3, 0.4) is 0 Å². The van der Waals surface area contributed by atoms with Crippen molar-refractivity contribution in [1.29, 1.82) is 0 Å². The minimum Gasteiger partial charge on any atom is -0.459 e. The third-order valence-corrected chi connectivity index (χ3v) is 5.56. The van der Waals surface area contributed by atoms with Crippen molar-refractivity contribution in [2.75, 3.05) is 0 Å². The molecule has 2 atom stereocenters. The molecule has 0 aromatic heterocycles. The van der Waals surface area contributed by atoms with Crippen molar-refractivity contribution in [3.63, 3.8) is 0 Å². The maximum absolute atomic E-state index is 13.7. The third kappa shape index (κ3) is 6.63. The molecule has 10 nitrogen and oxygen atoms in total. The lowest BCUT2D eigenvalue weighted by atomic mass is 10.0. The highest BCUT2D eigenvalue weighted by molar-refractivity contribution is 6.00. The van der Waals surface area contributed by atoms with E-state index in [9.17, 15) is 24.5 Å². The van der Waals surface area contributed by atoms with E-state index < -0.39 is 45.7 Å². The fourth-order valence-electron chi connectivity index (χ4n) is 3.90. The van der Waals surface area contributed by atoms with Crippen molar-refractivity contribution in [2.45, 2.75) is 77.2 Å². The molecule has 2 aromatic carbocycles. The van der Waals surface area contributed by atoms with Crippen LogP contribution in [0.25, 0.3) is 0 Å². The van der Waals surface area contributed by atoms with Crippen LogP contribution in [0, 0.1) is 10.1 Å². The quantitative estimate of drug-likeness (QED) is 0.208. The second-order valence-corrected chi connectivity index (χ2v) is 10.9. The van der Waals surface area contributed by atoms with Gasteiger partial charge in [0.15, 0.2) is 5.54 Å². The molecule has 198 valence electrons. The molecular weight excluding hydrogens is 480 g/mol. The topological polar surface area (TPSA) is 125 Å². The highest BCUT2D eigenvalue weighted by Gasteiger charge is 2.70. The number of esters is 1. The zero-order chi connectivity index (χ0) is 27.6. The SMILES string of the molecule is CC(C)(C)OC(=O)N(C(=O)OC(C)(C)C)[C@@]1(C(=O)OCc2ccc([N+](=O)[O-])cc2)C[C@@H]1c1ccccc1. The molecular formula is C27H32N2O8. The van der Waals surface area contributed by atoms with Crippen molar-refractivity contribution < 1.29 is 33.5 Å². The summed E-state index contributed by atoms with van der Waals surface area (Å²) in [6.45, 7) is 9.70. The fourth-order valence-corrected chi connectivity index (χ4v) is 3.90. The van der Waals surface area contributed by atoms with Crippen LogP contribution in [0.15, 0.2) is 54.6 Å². The average molecular weight is 513 g/mol. The molecule has 3 rings (SSSR count). The van der Waals surface area contributed by atoms with E-state index in [2.05, 4.69) is 0 Å². The molecule has 1 saturated carbocycles. The van der Waals surface area contributed by atoms with Crippen molar-refractivity contribution >= 4 is 23.8 Å². The Morgan fingerprint density at radius 2 is 1.43 bits per heavy atom. The average Bonchev–Trinajstić information content (AvgIpc) is 3.52. The first-order valence-corrected chi connectivity index (χ1v) is 11.9. The molecule has 0 heterocycles. The summed E-state index contributed by atoms with van der Waals surface area (Å²) < 4.78 is 16.6. The molecule has 10 heteroatoms. The number of hydrogen-bond donors (Lipinski definition) is 0. The minimum absolute atomic E-state index is 0.0982.